The summed E-state index contributed by atoms with van der Waals surface area (Å²) in [6.45, 7) is 0.893. The summed E-state index contributed by atoms with van der Waals surface area (Å²) in [6.07, 6.45) is -4.07. The first-order chi connectivity index (χ1) is 14.9. The number of benzene rings is 1. The van der Waals surface area contributed by atoms with Crippen molar-refractivity contribution in [3.05, 3.63) is 29.3 Å². The van der Waals surface area contributed by atoms with Crippen LogP contribution in [0.5, 0.6) is 0 Å². The molecule has 0 spiro atoms. The molecule has 11 heteroatoms. The van der Waals surface area contributed by atoms with Crippen LogP contribution in [0.15, 0.2) is 18.2 Å². The van der Waals surface area contributed by atoms with Crippen molar-refractivity contribution in [1.82, 2.24) is 10.2 Å². The molecule has 2 fully saturated rings. The zero-order valence-corrected chi connectivity index (χ0v) is 17.3. The van der Waals surface area contributed by atoms with E-state index in [0.717, 1.165) is 32.1 Å². The standard InChI is InChI=1S/C21H25F6N3O2/c22-20(23,24)14-10-15(21(25,26)27)12-17(11-14)29-19(32)28-16-6-8-30(9-7-16)18(31)13-4-2-1-3-5-13/h10-13,16H,1-9H2,(H2,28,29,32). The lowest BCUT2D eigenvalue weighted by atomic mass is 9.87. The van der Waals surface area contributed by atoms with Gasteiger partial charge in [-0.3, -0.25) is 4.79 Å². The molecular weight excluding hydrogens is 440 g/mol. The molecule has 1 saturated heterocycles. The molecule has 0 radical (unpaired) electrons. The molecule has 1 aromatic carbocycles. The van der Waals surface area contributed by atoms with Crippen LogP contribution in [0.1, 0.15) is 56.1 Å². The van der Waals surface area contributed by atoms with Crippen LogP contribution < -0.4 is 10.6 Å². The molecule has 1 aliphatic heterocycles. The molecule has 32 heavy (non-hydrogen) atoms. The molecule has 1 saturated carbocycles. The van der Waals surface area contributed by atoms with Gasteiger partial charge in [0.05, 0.1) is 11.1 Å². The molecule has 3 amide bonds. The Kier molecular flexibility index (Phi) is 7.24. The Labute approximate surface area is 181 Å². The van der Waals surface area contributed by atoms with Gasteiger partial charge in [-0.1, -0.05) is 19.3 Å². The summed E-state index contributed by atoms with van der Waals surface area (Å²) in [6, 6.07) is -0.310. The normalized spacial score (nSPS) is 19.0. The molecule has 0 bridgehead atoms. The van der Waals surface area contributed by atoms with Crippen molar-refractivity contribution < 1.29 is 35.9 Å². The Bertz CT molecular complexity index is 794. The number of piperidine rings is 1. The van der Waals surface area contributed by atoms with E-state index in [-0.39, 0.29) is 23.9 Å². The predicted molar refractivity (Wildman–Crippen MR) is 105 cm³/mol. The Morgan fingerprint density at radius 1 is 0.812 bits per heavy atom. The summed E-state index contributed by atoms with van der Waals surface area (Å²) in [5.74, 6) is 0.163. The minimum atomic E-state index is -4.99. The van der Waals surface area contributed by atoms with E-state index in [1.807, 2.05) is 0 Å². The van der Waals surface area contributed by atoms with Gasteiger partial charge in [0.25, 0.3) is 0 Å². The van der Waals surface area contributed by atoms with Gasteiger partial charge in [0.1, 0.15) is 0 Å². The van der Waals surface area contributed by atoms with E-state index in [0.29, 0.717) is 38.1 Å². The van der Waals surface area contributed by atoms with Crippen molar-refractivity contribution in [2.24, 2.45) is 5.92 Å². The number of anilines is 1. The summed E-state index contributed by atoms with van der Waals surface area (Å²) >= 11 is 0. The molecule has 2 N–H and O–H groups in total. The van der Waals surface area contributed by atoms with Gasteiger partial charge in [-0.05, 0) is 43.9 Å². The lowest BCUT2D eigenvalue weighted by Gasteiger charge is -2.35. The Morgan fingerprint density at radius 3 is 1.84 bits per heavy atom. The van der Waals surface area contributed by atoms with Crippen LogP contribution in [0.2, 0.25) is 0 Å². The van der Waals surface area contributed by atoms with E-state index >= 15 is 0 Å². The molecular formula is C21H25F6N3O2. The molecule has 1 aliphatic carbocycles. The van der Waals surface area contributed by atoms with Crippen LogP contribution in [0.25, 0.3) is 0 Å². The maximum Gasteiger partial charge on any atom is 0.416 e. The first kappa shape index (κ1) is 24.2. The molecule has 0 atom stereocenters. The van der Waals surface area contributed by atoms with Crippen molar-refractivity contribution in [3.8, 4) is 0 Å². The largest absolute Gasteiger partial charge is 0.416 e. The van der Waals surface area contributed by atoms with Crippen molar-refractivity contribution in [2.45, 2.75) is 63.3 Å². The highest BCUT2D eigenvalue weighted by Gasteiger charge is 2.37. The maximum absolute atomic E-state index is 13.0. The van der Waals surface area contributed by atoms with Crippen molar-refractivity contribution >= 4 is 17.6 Å². The first-order valence-corrected chi connectivity index (χ1v) is 10.6. The van der Waals surface area contributed by atoms with Crippen molar-refractivity contribution in [3.63, 3.8) is 0 Å². The van der Waals surface area contributed by atoms with E-state index in [1.54, 1.807) is 4.90 Å². The van der Waals surface area contributed by atoms with Crippen LogP contribution in [-0.4, -0.2) is 36.0 Å². The number of hydrogen-bond acceptors (Lipinski definition) is 2. The highest BCUT2D eigenvalue weighted by molar-refractivity contribution is 5.89. The topological polar surface area (TPSA) is 61.4 Å². The Morgan fingerprint density at radius 2 is 1.34 bits per heavy atom. The number of rotatable bonds is 3. The van der Waals surface area contributed by atoms with Gasteiger partial charge in [0.15, 0.2) is 0 Å². The van der Waals surface area contributed by atoms with E-state index in [2.05, 4.69) is 10.6 Å². The average molecular weight is 465 g/mol. The number of carbonyl (C=O) groups is 2. The number of nitrogens with one attached hydrogen (secondary N) is 2. The van der Waals surface area contributed by atoms with Gasteiger partial charge in [-0.25, -0.2) is 4.79 Å². The molecule has 5 nitrogen and oxygen atoms in total. The van der Waals surface area contributed by atoms with Gasteiger partial charge >= 0.3 is 18.4 Å². The number of likely N-dealkylation sites (tertiary alicyclic amines) is 1. The third-order valence-electron chi connectivity index (χ3n) is 5.94. The highest BCUT2D eigenvalue weighted by atomic mass is 19.4. The average Bonchev–Trinajstić information content (AvgIpc) is 2.73. The third kappa shape index (κ3) is 6.29. The van der Waals surface area contributed by atoms with Crippen molar-refractivity contribution in [2.75, 3.05) is 18.4 Å². The van der Waals surface area contributed by atoms with Crippen LogP contribution in [0.4, 0.5) is 36.8 Å². The second-order valence-electron chi connectivity index (χ2n) is 8.33. The number of urea groups is 1. The summed E-state index contributed by atoms with van der Waals surface area (Å²) in [5.41, 5.74) is -3.61. The van der Waals surface area contributed by atoms with Crippen LogP contribution in [0.3, 0.4) is 0 Å². The smallest absolute Gasteiger partial charge is 0.342 e. The lowest BCUT2D eigenvalue weighted by molar-refractivity contribution is -0.143. The van der Waals surface area contributed by atoms with Gasteiger partial charge in [0, 0.05) is 30.7 Å². The summed E-state index contributed by atoms with van der Waals surface area (Å²) < 4.78 is 77.7. The summed E-state index contributed by atoms with van der Waals surface area (Å²) in [5, 5.41) is 4.64. The SMILES string of the molecule is O=C(Nc1cc(C(F)(F)F)cc(C(F)(F)F)c1)NC1CCN(C(=O)C2CCCCC2)CC1. The Balaban J connectivity index is 1.56. The second kappa shape index (κ2) is 9.58. The van der Waals surface area contributed by atoms with Crippen molar-refractivity contribution in [1.29, 1.82) is 0 Å². The van der Waals surface area contributed by atoms with E-state index < -0.39 is 35.2 Å². The molecule has 0 aromatic heterocycles. The number of amides is 3. The molecule has 1 heterocycles. The number of hydrogen-bond donors (Lipinski definition) is 2. The van der Waals surface area contributed by atoms with E-state index in [9.17, 15) is 35.9 Å². The number of nitrogens with zero attached hydrogens (tertiary/aromatic N) is 1. The minimum absolute atomic E-state index is 0.00212. The fraction of sp³-hybridized carbons (Fsp3) is 0.619. The van der Waals surface area contributed by atoms with Crippen LogP contribution >= 0.6 is 0 Å². The molecule has 0 unspecified atom stereocenters. The summed E-state index contributed by atoms with van der Waals surface area (Å²) in [4.78, 5) is 26.6. The highest BCUT2D eigenvalue weighted by Crippen LogP contribution is 2.37. The van der Waals surface area contributed by atoms with Crippen LogP contribution in [-0.2, 0) is 17.1 Å². The van der Waals surface area contributed by atoms with Crippen LogP contribution in [0, 0.1) is 5.92 Å². The number of carbonyl (C=O) groups excluding carboxylic acids is 2. The lowest BCUT2D eigenvalue weighted by Crippen LogP contribution is -2.49. The number of halogens is 6. The quantitative estimate of drug-likeness (QED) is 0.586. The minimum Gasteiger partial charge on any atom is -0.342 e. The van der Waals surface area contributed by atoms with E-state index in [1.165, 1.54) is 0 Å². The van der Waals surface area contributed by atoms with Gasteiger partial charge in [-0.2, -0.15) is 26.3 Å². The maximum atomic E-state index is 13.0. The second-order valence-corrected chi connectivity index (χ2v) is 8.33. The Hall–Kier alpha value is -2.46. The molecule has 1 aromatic rings. The van der Waals surface area contributed by atoms with Gasteiger partial charge in [-0.15, -0.1) is 0 Å². The van der Waals surface area contributed by atoms with E-state index in [4.69, 9.17) is 0 Å². The third-order valence-corrected chi connectivity index (χ3v) is 5.94. The van der Waals surface area contributed by atoms with Gasteiger partial charge < -0.3 is 15.5 Å². The fourth-order valence-corrected chi connectivity index (χ4v) is 4.23. The molecule has 2 aliphatic rings. The number of alkyl halides is 6. The van der Waals surface area contributed by atoms with Gasteiger partial charge in [0.2, 0.25) is 5.91 Å². The molecule has 3 rings (SSSR count). The molecule has 178 valence electrons. The first-order valence-electron chi connectivity index (χ1n) is 10.6. The predicted octanol–water partition coefficient (Wildman–Crippen LogP) is 5.42. The summed E-state index contributed by atoms with van der Waals surface area (Å²) in [7, 11) is 0. The fourth-order valence-electron chi connectivity index (χ4n) is 4.23. The zero-order valence-electron chi connectivity index (χ0n) is 17.3. The zero-order chi connectivity index (χ0) is 23.5. The monoisotopic (exact) mass is 465 g/mol.